The van der Waals surface area contributed by atoms with E-state index in [0.717, 1.165) is 39.5 Å². The Labute approximate surface area is 250 Å². The van der Waals surface area contributed by atoms with Crippen molar-refractivity contribution >= 4 is 36.0 Å². The Morgan fingerprint density at radius 2 is 1.81 bits per heavy atom. The van der Waals surface area contributed by atoms with Crippen LogP contribution in [0.15, 0.2) is 42.2 Å². The number of hydrogen-bond donors (Lipinski definition) is 2. The molecule has 3 aromatic rings. The first-order valence-corrected chi connectivity index (χ1v) is 14.4. The summed E-state index contributed by atoms with van der Waals surface area (Å²) >= 11 is 0. The minimum absolute atomic E-state index is 0.0956. The molecular formula is C31H38BFN6O4. The predicted molar refractivity (Wildman–Crippen MR) is 167 cm³/mol. The molecule has 0 bridgehead atoms. The van der Waals surface area contributed by atoms with E-state index < -0.39 is 6.69 Å². The number of nitrogen functional groups attached to an aromatic ring is 2. The van der Waals surface area contributed by atoms with Gasteiger partial charge < -0.3 is 39.0 Å². The molecule has 0 saturated heterocycles. The number of halogens is 1. The lowest BCUT2D eigenvalue weighted by molar-refractivity contribution is -0.347. The van der Waals surface area contributed by atoms with Gasteiger partial charge >= 0.3 is 6.69 Å². The van der Waals surface area contributed by atoms with Crippen molar-refractivity contribution in [1.82, 2.24) is 14.4 Å². The van der Waals surface area contributed by atoms with Crippen LogP contribution in [0.4, 0.5) is 16.1 Å². The standard InChI is InChI=1S/C31H38BFN6O4/c1-19-13-20(2)38-26(19)17-24-9-8-23(39(24)32(38,3)33)10-11-25(40)7-6-12-43-29-27(41-4)15-21(16-28(29)42-5)14-22-18-36-31(35)37-30(22)34/h8-9,13,15-18H,6-7,10-12,14H2,1-5H3,(H4,34,35,36,37). The minimum Gasteiger partial charge on any atom is -0.493 e. The topological polar surface area (TPSA) is 131 Å². The zero-order chi connectivity index (χ0) is 30.9. The fourth-order valence-electron chi connectivity index (χ4n) is 6.11. The van der Waals surface area contributed by atoms with E-state index in [2.05, 4.69) is 9.97 Å². The number of ether oxygens (including phenoxy) is 3. The third kappa shape index (κ3) is 5.86. The number of nitrogens with two attached hydrogens (primary N) is 2. The smallest absolute Gasteiger partial charge is 0.493 e. The molecule has 4 N–H and O–H groups in total. The first kappa shape index (κ1) is 29.9. The average molecular weight is 588 g/mol. The first-order chi connectivity index (χ1) is 20.5. The van der Waals surface area contributed by atoms with Crippen molar-refractivity contribution in [3.05, 3.63) is 70.3 Å². The number of carbonyl (C=O) groups is 1. The van der Waals surface area contributed by atoms with Crippen LogP contribution >= 0.6 is 0 Å². The Morgan fingerprint density at radius 3 is 2.49 bits per heavy atom. The number of Topliss-reactive ketones (excluding diaryl/α,β-unsaturated/α-hetero) is 1. The number of ketones is 1. The zero-order valence-corrected chi connectivity index (χ0v) is 25.3. The first-order valence-electron chi connectivity index (χ1n) is 14.4. The highest BCUT2D eigenvalue weighted by Gasteiger charge is 2.45. The highest BCUT2D eigenvalue weighted by Crippen LogP contribution is 2.39. The van der Waals surface area contributed by atoms with Crippen LogP contribution in [0.5, 0.6) is 17.2 Å². The van der Waals surface area contributed by atoms with E-state index in [-0.39, 0.29) is 11.7 Å². The van der Waals surface area contributed by atoms with E-state index in [1.165, 1.54) is 0 Å². The van der Waals surface area contributed by atoms with Crippen LogP contribution in [0, 0.1) is 13.8 Å². The second-order valence-corrected chi connectivity index (χ2v) is 11.2. The summed E-state index contributed by atoms with van der Waals surface area (Å²) < 4.78 is 37.0. The maximum Gasteiger partial charge on any atom is 0.545 e. The van der Waals surface area contributed by atoms with Gasteiger partial charge in [0.05, 0.1) is 20.8 Å². The van der Waals surface area contributed by atoms with Gasteiger partial charge in [0.1, 0.15) is 17.3 Å². The molecule has 2 aliphatic heterocycles. The summed E-state index contributed by atoms with van der Waals surface area (Å²) in [7, 11) is 3.11. The average Bonchev–Trinajstić information content (AvgIpc) is 3.52. The highest BCUT2D eigenvalue weighted by molar-refractivity contribution is 6.64. The summed E-state index contributed by atoms with van der Waals surface area (Å²) in [6.45, 7) is 3.31. The molecule has 1 unspecified atom stereocenters. The SMILES string of the molecule is COc1cc(Cc2cnc(N)nc2N)cc(OC)c1OCCCC(=O)CCC1=[N+]2C(=Cc3c(C)cc(C)n3[B-]2(C)F)C=C1. The van der Waals surface area contributed by atoms with E-state index in [0.29, 0.717) is 61.8 Å². The van der Waals surface area contributed by atoms with Crippen molar-refractivity contribution < 1.29 is 27.8 Å². The highest BCUT2D eigenvalue weighted by atomic mass is 19.1. The second-order valence-electron chi connectivity index (χ2n) is 11.2. The number of rotatable bonds is 12. The van der Waals surface area contributed by atoms with Gasteiger partial charge in [-0.15, -0.1) is 0 Å². The van der Waals surface area contributed by atoms with E-state index in [9.17, 15) is 4.79 Å². The van der Waals surface area contributed by atoms with Crippen LogP contribution in [-0.4, -0.2) is 57.9 Å². The summed E-state index contributed by atoms with van der Waals surface area (Å²) in [4.78, 5) is 20.8. The lowest BCUT2D eigenvalue weighted by atomic mass is 9.68. The van der Waals surface area contributed by atoms with Crippen molar-refractivity contribution in [3.8, 4) is 17.2 Å². The Bertz CT molecular complexity index is 1650. The fourth-order valence-corrected chi connectivity index (χ4v) is 6.11. The number of nitrogens with zero attached hydrogens (tertiary/aromatic N) is 4. The van der Waals surface area contributed by atoms with Gasteiger partial charge in [-0.1, -0.05) is 6.82 Å². The number of methoxy groups -OCH3 is 2. The van der Waals surface area contributed by atoms with Crippen LogP contribution in [0.2, 0.25) is 6.82 Å². The van der Waals surface area contributed by atoms with Crippen molar-refractivity contribution in [2.75, 3.05) is 32.3 Å². The van der Waals surface area contributed by atoms with Gasteiger partial charge in [0.25, 0.3) is 0 Å². The third-order valence-corrected chi connectivity index (χ3v) is 8.07. The van der Waals surface area contributed by atoms with Gasteiger partial charge in [0, 0.05) is 61.4 Å². The Balaban J connectivity index is 1.18. The van der Waals surface area contributed by atoms with Gasteiger partial charge in [-0.3, -0.25) is 4.79 Å². The van der Waals surface area contributed by atoms with Gasteiger partial charge in [-0.2, -0.15) is 4.98 Å². The molecule has 5 rings (SSSR count). The predicted octanol–water partition coefficient (Wildman–Crippen LogP) is 4.64. The lowest BCUT2D eigenvalue weighted by Gasteiger charge is -2.34. The molecule has 1 atom stereocenters. The molecule has 0 radical (unpaired) electrons. The molecule has 1 aromatic carbocycles. The zero-order valence-electron chi connectivity index (χ0n) is 25.3. The molecule has 226 valence electrons. The summed E-state index contributed by atoms with van der Waals surface area (Å²) in [5.74, 6) is 1.98. The van der Waals surface area contributed by atoms with Gasteiger partial charge in [0.2, 0.25) is 11.7 Å². The van der Waals surface area contributed by atoms with E-state index in [1.54, 1.807) is 36.2 Å². The van der Waals surface area contributed by atoms with E-state index >= 15 is 4.32 Å². The van der Waals surface area contributed by atoms with E-state index in [4.69, 9.17) is 25.7 Å². The normalized spacial score (nSPS) is 17.0. The van der Waals surface area contributed by atoms with Crippen LogP contribution in [0.25, 0.3) is 6.08 Å². The number of aryl methyl sites for hydroxylation is 2. The lowest BCUT2D eigenvalue weighted by Crippen LogP contribution is -2.51. The summed E-state index contributed by atoms with van der Waals surface area (Å²) in [6.07, 6.45) is 9.58. The van der Waals surface area contributed by atoms with Crippen molar-refractivity contribution in [2.45, 2.75) is 52.8 Å². The summed E-state index contributed by atoms with van der Waals surface area (Å²) in [6, 6.07) is 5.69. The number of fused-ring (bicyclic) bond motifs is 2. The molecule has 2 aliphatic rings. The van der Waals surface area contributed by atoms with E-state index in [1.807, 2.05) is 50.3 Å². The van der Waals surface area contributed by atoms with Crippen LogP contribution < -0.4 is 25.7 Å². The van der Waals surface area contributed by atoms with Crippen molar-refractivity contribution in [1.29, 1.82) is 0 Å². The molecule has 43 heavy (non-hydrogen) atoms. The largest absolute Gasteiger partial charge is 0.545 e. The Kier molecular flexibility index (Phi) is 8.30. The number of aromatic nitrogens is 3. The molecule has 0 amide bonds. The Morgan fingerprint density at radius 1 is 1.09 bits per heavy atom. The fraction of sp³-hybridized carbons (Fsp3) is 0.355. The quantitative estimate of drug-likeness (QED) is 0.231. The van der Waals surface area contributed by atoms with Crippen LogP contribution in [-0.2, 0) is 11.2 Å². The summed E-state index contributed by atoms with van der Waals surface area (Å²) in [5, 5.41) is 0. The molecule has 12 heteroatoms. The van der Waals surface area contributed by atoms with Crippen molar-refractivity contribution in [3.63, 3.8) is 0 Å². The Hall–Kier alpha value is -4.61. The summed E-state index contributed by atoms with van der Waals surface area (Å²) in [5.41, 5.74) is 17.7. The maximum absolute atomic E-state index is 16.3. The molecular weight excluding hydrogens is 550 g/mol. The number of benzene rings is 1. The number of allylic oxidation sites excluding steroid dienone is 2. The van der Waals surface area contributed by atoms with Crippen molar-refractivity contribution in [2.24, 2.45) is 0 Å². The minimum atomic E-state index is -2.54. The maximum atomic E-state index is 16.3. The second kappa shape index (κ2) is 11.9. The molecule has 0 spiro atoms. The molecule has 10 nitrogen and oxygen atoms in total. The third-order valence-electron chi connectivity index (χ3n) is 8.07. The van der Waals surface area contributed by atoms with Gasteiger partial charge in [0.15, 0.2) is 17.2 Å². The number of hydrogen-bond acceptors (Lipinski definition) is 8. The number of anilines is 2. The number of carbonyl (C=O) groups excluding carboxylic acids is 1. The van der Waals surface area contributed by atoms with Gasteiger partial charge in [-0.25, -0.2) is 4.98 Å². The monoisotopic (exact) mass is 588 g/mol. The van der Waals surface area contributed by atoms with Crippen LogP contribution in [0.1, 0.15) is 53.8 Å². The molecule has 0 aliphatic carbocycles. The molecule has 2 aromatic heterocycles. The molecule has 0 fully saturated rings. The van der Waals surface area contributed by atoms with Gasteiger partial charge in [-0.05, 0) is 55.3 Å². The molecule has 0 saturated carbocycles. The van der Waals surface area contributed by atoms with Crippen LogP contribution in [0.3, 0.4) is 0 Å². The molecule has 4 heterocycles.